The molecule has 3 heteroatoms. The number of Topliss-reactive ketones (excluding diaryl/α,β-unsaturated/α-hetero) is 1. The standard InChI is InChI=1S/C36H61NO2/c1-5-6-7-8-9-10-11-12-13-14-15-16-17-24-37-33-26-32-30-19-18-28-25-29(39)20-22-35(28,3)31(30)21-23-36(32,4)34(33)27(2)38/h25,30-34,37H,5-24,26H2,1-4H3/t30-,31+,32+,33?,34+,35+,36+/m1/s1. The van der Waals surface area contributed by atoms with Crippen LogP contribution in [0, 0.1) is 34.5 Å². The molecular weight excluding hydrogens is 478 g/mol. The Bertz CT molecular complexity index is 847. The van der Waals surface area contributed by atoms with E-state index in [4.69, 9.17) is 0 Å². The summed E-state index contributed by atoms with van der Waals surface area (Å²) in [5.41, 5.74) is 1.80. The van der Waals surface area contributed by atoms with Crippen LogP contribution in [-0.4, -0.2) is 24.2 Å². The van der Waals surface area contributed by atoms with Gasteiger partial charge in [-0.05, 0) is 93.1 Å². The summed E-state index contributed by atoms with van der Waals surface area (Å²) in [5, 5.41) is 3.92. The van der Waals surface area contributed by atoms with Crippen LogP contribution in [0.25, 0.3) is 0 Å². The molecule has 0 spiro atoms. The summed E-state index contributed by atoms with van der Waals surface area (Å²) in [6.07, 6.45) is 27.7. The second kappa shape index (κ2) is 14.3. The van der Waals surface area contributed by atoms with Crippen LogP contribution < -0.4 is 5.32 Å². The Morgan fingerprint density at radius 2 is 1.46 bits per heavy atom. The number of ketones is 2. The highest BCUT2D eigenvalue weighted by molar-refractivity contribution is 5.91. The van der Waals surface area contributed by atoms with Gasteiger partial charge >= 0.3 is 0 Å². The molecule has 3 fully saturated rings. The number of carbonyl (C=O) groups excluding carboxylic acids is 2. The van der Waals surface area contributed by atoms with Crippen LogP contribution in [0.5, 0.6) is 0 Å². The number of allylic oxidation sites excluding steroid dienone is 1. The van der Waals surface area contributed by atoms with E-state index >= 15 is 0 Å². The molecule has 0 bridgehead atoms. The van der Waals surface area contributed by atoms with Crippen molar-refractivity contribution in [1.29, 1.82) is 0 Å². The molecule has 0 radical (unpaired) electrons. The highest BCUT2D eigenvalue weighted by Crippen LogP contribution is 2.66. The van der Waals surface area contributed by atoms with Crippen LogP contribution in [0.4, 0.5) is 0 Å². The third-order valence-corrected chi connectivity index (χ3v) is 12.1. The molecule has 4 rings (SSSR count). The Hall–Kier alpha value is -0.960. The highest BCUT2D eigenvalue weighted by Gasteiger charge is 2.62. The molecule has 0 amide bonds. The molecule has 3 nitrogen and oxygen atoms in total. The summed E-state index contributed by atoms with van der Waals surface area (Å²) < 4.78 is 0. The Morgan fingerprint density at radius 1 is 0.846 bits per heavy atom. The Balaban J connectivity index is 1.20. The minimum Gasteiger partial charge on any atom is -0.313 e. The first-order valence-corrected chi connectivity index (χ1v) is 17.3. The lowest BCUT2D eigenvalue weighted by Crippen LogP contribution is -2.51. The lowest BCUT2D eigenvalue weighted by Gasteiger charge is -2.58. The van der Waals surface area contributed by atoms with Crippen molar-refractivity contribution in [3.8, 4) is 0 Å². The first-order chi connectivity index (χ1) is 18.8. The van der Waals surface area contributed by atoms with Gasteiger partial charge in [0.1, 0.15) is 5.78 Å². The number of hydrogen-bond acceptors (Lipinski definition) is 3. The van der Waals surface area contributed by atoms with E-state index in [1.54, 1.807) is 0 Å². The van der Waals surface area contributed by atoms with E-state index in [1.807, 2.05) is 13.0 Å². The van der Waals surface area contributed by atoms with Gasteiger partial charge in [0.2, 0.25) is 0 Å². The topological polar surface area (TPSA) is 46.2 Å². The van der Waals surface area contributed by atoms with E-state index in [2.05, 4.69) is 26.1 Å². The van der Waals surface area contributed by atoms with Crippen molar-refractivity contribution in [2.24, 2.45) is 34.5 Å². The zero-order chi connectivity index (χ0) is 27.9. The number of rotatable bonds is 16. The minimum atomic E-state index is 0.142. The summed E-state index contributed by atoms with van der Waals surface area (Å²) in [7, 11) is 0. The van der Waals surface area contributed by atoms with Crippen molar-refractivity contribution in [2.45, 2.75) is 162 Å². The van der Waals surface area contributed by atoms with Crippen molar-refractivity contribution in [3.05, 3.63) is 11.6 Å². The maximum Gasteiger partial charge on any atom is 0.155 e. The number of nitrogens with one attached hydrogen (secondary N) is 1. The first-order valence-electron chi connectivity index (χ1n) is 17.3. The second-order valence-corrected chi connectivity index (χ2v) is 14.6. The monoisotopic (exact) mass is 539 g/mol. The predicted octanol–water partition coefficient (Wildman–Crippen LogP) is 9.38. The predicted molar refractivity (Wildman–Crippen MR) is 164 cm³/mol. The lowest BCUT2D eigenvalue weighted by atomic mass is 9.46. The van der Waals surface area contributed by atoms with Gasteiger partial charge in [0.15, 0.2) is 5.78 Å². The third-order valence-electron chi connectivity index (χ3n) is 12.1. The van der Waals surface area contributed by atoms with Crippen LogP contribution in [-0.2, 0) is 9.59 Å². The molecule has 1 N–H and O–H groups in total. The van der Waals surface area contributed by atoms with Crippen molar-refractivity contribution in [2.75, 3.05) is 6.54 Å². The van der Waals surface area contributed by atoms with Gasteiger partial charge in [-0.25, -0.2) is 0 Å². The van der Waals surface area contributed by atoms with Gasteiger partial charge in [0.25, 0.3) is 0 Å². The molecular formula is C36H61NO2. The van der Waals surface area contributed by atoms with Gasteiger partial charge < -0.3 is 5.32 Å². The summed E-state index contributed by atoms with van der Waals surface area (Å²) in [6.45, 7) is 10.1. The molecule has 222 valence electrons. The summed E-state index contributed by atoms with van der Waals surface area (Å²) in [4.78, 5) is 25.2. The number of hydrogen-bond donors (Lipinski definition) is 1. The van der Waals surface area contributed by atoms with E-state index in [9.17, 15) is 9.59 Å². The summed E-state index contributed by atoms with van der Waals surface area (Å²) in [6, 6.07) is 0.353. The molecule has 0 aromatic heterocycles. The Labute approximate surface area is 241 Å². The maximum atomic E-state index is 13.1. The quantitative estimate of drug-likeness (QED) is 0.199. The van der Waals surface area contributed by atoms with Gasteiger partial charge in [0.05, 0.1) is 0 Å². The van der Waals surface area contributed by atoms with E-state index in [1.165, 1.54) is 115 Å². The van der Waals surface area contributed by atoms with Gasteiger partial charge in [-0.1, -0.05) is 103 Å². The van der Waals surface area contributed by atoms with Crippen molar-refractivity contribution in [1.82, 2.24) is 5.32 Å². The fraction of sp³-hybridized carbons (Fsp3) is 0.889. The van der Waals surface area contributed by atoms with Crippen LogP contribution in [0.1, 0.15) is 156 Å². The largest absolute Gasteiger partial charge is 0.313 e. The van der Waals surface area contributed by atoms with E-state index in [0.29, 0.717) is 35.4 Å². The fourth-order valence-electron chi connectivity index (χ4n) is 9.99. The van der Waals surface area contributed by atoms with Gasteiger partial charge in [-0.2, -0.15) is 0 Å². The first kappa shape index (κ1) is 31.0. The molecule has 4 aliphatic rings. The zero-order valence-corrected chi connectivity index (χ0v) is 26.1. The molecule has 7 atom stereocenters. The molecule has 39 heavy (non-hydrogen) atoms. The molecule has 0 aliphatic heterocycles. The Kier molecular flexibility index (Phi) is 11.3. The van der Waals surface area contributed by atoms with Gasteiger partial charge in [0, 0.05) is 18.4 Å². The van der Waals surface area contributed by atoms with Crippen LogP contribution in [0.2, 0.25) is 0 Å². The zero-order valence-electron chi connectivity index (χ0n) is 26.1. The number of fused-ring (bicyclic) bond motifs is 5. The Morgan fingerprint density at radius 3 is 2.08 bits per heavy atom. The van der Waals surface area contributed by atoms with Gasteiger partial charge in [-0.3, -0.25) is 9.59 Å². The van der Waals surface area contributed by atoms with Crippen LogP contribution >= 0.6 is 0 Å². The summed E-state index contributed by atoms with van der Waals surface area (Å²) >= 11 is 0. The number of carbonyl (C=O) groups is 2. The summed E-state index contributed by atoms with van der Waals surface area (Å²) in [5.74, 6) is 2.97. The third kappa shape index (κ3) is 7.10. The maximum absolute atomic E-state index is 13.1. The van der Waals surface area contributed by atoms with Crippen LogP contribution in [0.3, 0.4) is 0 Å². The molecule has 0 aromatic carbocycles. The SMILES string of the molecule is CCCCCCCCCCCCCCCNC1C[C@H]2[C@@H]3CCC4=CC(=O)CC[C@]4(C)[C@H]3CC[C@]2(C)[C@H]1C(C)=O. The average Bonchev–Trinajstić information content (AvgIpc) is 3.21. The van der Waals surface area contributed by atoms with E-state index < -0.39 is 0 Å². The molecule has 3 saturated carbocycles. The van der Waals surface area contributed by atoms with Crippen molar-refractivity contribution < 1.29 is 9.59 Å². The number of unbranched alkanes of at least 4 members (excludes halogenated alkanes) is 12. The lowest BCUT2D eigenvalue weighted by molar-refractivity contribution is -0.129. The molecule has 1 unspecified atom stereocenters. The normalized spacial score (nSPS) is 35.7. The molecule has 0 aromatic rings. The highest BCUT2D eigenvalue weighted by atomic mass is 16.1. The average molecular weight is 540 g/mol. The van der Waals surface area contributed by atoms with E-state index in [-0.39, 0.29) is 16.7 Å². The second-order valence-electron chi connectivity index (χ2n) is 14.6. The van der Waals surface area contributed by atoms with Gasteiger partial charge in [-0.15, -0.1) is 0 Å². The molecule has 4 aliphatic carbocycles. The smallest absolute Gasteiger partial charge is 0.155 e. The minimum absolute atomic E-state index is 0.142. The van der Waals surface area contributed by atoms with Crippen LogP contribution in [0.15, 0.2) is 11.6 Å². The van der Waals surface area contributed by atoms with Crippen molar-refractivity contribution >= 4 is 11.6 Å². The van der Waals surface area contributed by atoms with Crippen molar-refractivity contribution in [3.63, 3.8) is 0 Å². The molecule has 0 heterocycles. The fourth-order valence-corrected chi connectivity index (χ4v) is 9.99. The van der Waals surface area contributed by atoms with E-state index in [0.717, 1.165) is 25.8 Å². The molecule has 0 saturated heterocycles.